The zero-order valence-corrected chi connectivity index (χ0v) is 15.1. The van der Waals surface area contributed by atoms with E-state index in [1.54, 1.807) is 25.1 Å². The number of methoxy groups -OCH3 is 1. The van der Waals surface area contributed by atoms with E-state index in [4.69, 9.17) is 21.1 Å². The molecule has 1 aliphatic heterocycles. The van der Waals surface area contributed by atoms with Crippen molar-refractivity contribution < 1.29 is 14.3 Å². The van der Waals surface area contributed by atoms with Crippen LogP contribution in [0.1, 0.15) is 12.8 Å². The lowest BCUT2D eigenvalue weighted by molar-refractivity contribution is -0.157. The number of piperidine rings is 1. The molecule has 1 aromatic carbocycles. The highest BCUT2D eigenvalue weighted by molar-refractivity contribution is 6.32. The number of rotatable bonds is 6. The molecule has 1 saturated heterocycles. The van der Waals surface area contributed by atoms with Crippen LogP contribution in [0, 0.1) is 0 Å². The fraction of sp³-hybridized carbons (Fsp3) is 0.562. The summed E-state index contributed by atoms with van der Waals surface area (Å²) in [5, 5.41) is 3.82. The molecule has 0 saturated carbocycles. The van der Waals surface area contributed by atoms with Crippen LogP contribution in [-0.4, -0.2) is 56.8 Å². The van der Waals surface area contributed by atoms with Gasteiger partial charge in [-0.3, -0.25) is 4.79 Å². The molecule has 2 rings (SSSR count). The summed E-state index contributed by atoms with van der Waals surface area (Å²) in [6.45, 7) is 2.47. The van der Waals surface area contributed by atoms with Crippen LogP contribution < -0.4 is 10.1 Å². The molecule has 0 spiro atoms. The van der Waals surface area contributed by atoms with E-state index in [1.807, 2.05) is 18.2 Å². The van der Waals surface area contributed by atoms with Crippen molar-refractivity contribution in [3.63, 3.8) is 0 Å². The second kappa shape index (κ2) is 9.33. The highest BCUT2D eigenvalue weighted by Gasteiger charge is 2.41. The SMILES string of the molecule is COC1(C(=O)N(C)CCOc2ccccc2Cl)CCNCC1.Cl. The first-order valence-electron chi connectivity index (χ1n) is 7.48. The number of ether oxygens (including phenoxy) is 2. The van der Waals surface area contributed by atoms with Gasteiger partial charge in [-0.1, -0.05) is 23.7 Å². The Morgan fingerprint density at radius 2 is 2.00 bits per heavy atom. The van der Waals surface area contributed by atoms with Crippen molar-refractivity contribution in [3.8, 4) is 5.75 Å². The van der Waals surface area contributed by atoms with Gasteiger partial charge in [-0.25, -0.2) is 0 Å². The number of likely N-dealkylation sites (N-methyl/N-ethyl adjacent to an activating group) is 1. The maximum absolute atomic E-state index is 12.7. The quantitative estimate of drug-likeness (QED) is 0.843. The number of halogens is 2. The van der Waals surface area contributed by atoms with E-state index in [0.29, 0.717) is 36.8 Å². The van der Waals surface area contributed by atoms with Crippen LogP contribution in [0.4, 0.5) is 0 Å². The van der Waals surface area contributed by atoms with Gasteiger partial charge in [0.05, 0.1) is 11.6 Å². The molecule has 0 radical (unpaired) electrons. The molecule has 1 fully saturated rings. The fourth-order valence-corrected chi connectivity index (χ4v) is 2.83. The summed E-state index contributed by atoms with van der Waals surface area (Å²) in [5.74, 6) is 0.646. The molecule has 0 aliphatic carbocycles. The molecule has 0 bridgehead atoms. The van der Waals surface area contributed by atoms with Crippen molar-refractivity contribution in [2.24, 2.45) is 0 Å². The van der Waals surface area contributed by atoms with Gasteiger partial charge in [0.25, 0.3) is 5.91 Å². The van der Waals surface area contributed by atoms with Gasteiger partial charge < -0.3 is 19.7 Å². The van der Waals surface area contributed by atoms with Crippen molar-refractivity contribution in [2.75, 3.05) is 40.4 Å². The molecular weight excluding hydrogens is 339 g/mol. The van der Waals surface area contributed by atoms with Gasteiger partial charge in [0.2, 0.25) is 0 Å². The third-order valence-corrected chi connectivity index (χ3v) is 4.37. The minimum absolute atomic E-state index is 0. The Bertz CT molecular complexity index is 508. The van der Waals surface area contributed by atoms with Crippen molar-refractivity contribution >= 4 is 29.9 Å². The minimum Gasteiger partial charge on any atom is -0.490 e. The molecule has 1 heterocycles. The summed E-state index contributed by atoms with van der Waals surface area (Å²) in [4.78, 5) is 14.3. The molecule has 130 valence electrons. The number of benzene rings is 1. The van der Waals surface area contributed by atoms with Gasteiger partial charge in [0, 0.05) is 14.2 Å². The first kappa shape index (κ1) is 20.0. The van der Waals surface area contributed by atoms with Crippen LogP contribution in [0.5, 0.6) is 5.75 Å². The Morgan fingerprint density at radius 3 is 2.61 bits per heavy atom. The highest BCUT2D eigenvalue weighted by atomic mass is 35.5. The average Bonchev–Trinajstić information content (AvgIpc) is 2.56. The molecule has 7 heteroatoms. The smallest absolute Gasteiger partial charge is 0.254 e. The van der Waals surface area contributed by atoms with Crippen molar-refractivity contribution in [1.82, 2.24) is 10.2 Å². The summed E-state index contributed by atoms with van der Waals surface area (Å²) in [6, 6.07) is 7.31. The lowest BCUT2D eigenvalue weighted by Gasteiger charge is -2.37. The van der Waals surface area contributed by atoms with E-state index in [1.165, 1.54) is 0 Å². The van der Waals surface area contributed by atoms with Crippen LogP contribution in [0.3, 0.4) is 0 Å². The Hall–Kier alpha value is -1.01. The van der Waals surface area contributed by atoms with E-state index in [2.05, 4.69) is 5.32 Å². The van der Waals surface area contributed by atoms with Gasteiger partial charge in [0.15, 0.2) is 0 Å². The van der Waals surface area contributed by atoms with E-state index in [-0.39, 0.29) is 18.3 Å². The predicted octanol–water partition coefficient (Wildman–Crippen LogP) is 2.37. The second-order valence-corrected chi connectivity index (χ2v) is 5.86. The predicted molar refractivity (Wildman–Crippen MR) is 93.7 cm³/mol. The first-order chi connectivity index (χ1) is 10.6. The monoisotopic (exact) mass is 362 g/mol. The Labute approximate surface area is 148 Å². The summed E-state index contributed by atoms with van der Waals surface area (Å²) < 4.78 is 11.2. The Balaban J connectivity index is 0.00000264. The zero-order chi connectivity index (χ0) is 16.0. The third-order valence-electron chi connectivity index (χ3n) is 4.06. The lowest BCUT2D eigenvalue weighted by Crippen LogP contribution is -2.55. The van der Waals surface area contributed by atoms with Crippen LogP contribution in [0.2, 0.25) is 5.02 Å². The maximum atomic E-state index is 12.7. The van der Waals surface area contributed by atoms with Gasteiger partial charge in [0.1, 0.15) is 18.0 Å². The zero-order valence-electron chi connectivity index (χ0n) is 13.5. The minimum atomic E-state index is -0.704. The molecule has 1 N–H and O–H groups in total. The number of carbonyl (C=O) groups excluding carboxylic acids is 1. The number of hydrogen-bond acceptors (Lipinski definition) is 4. The van der Waals surface area contributed by atoms with E-state index >= 15 is 0 Å². The lowest BCUT2D eigenvalue weighted by atomic mass is 9.90. The summed E-state index contributed by atoms with van der Waals surface area (Å²) in [5.41, 5.74) is -0.704. The van der Waals surface area contributed by atoms with Crippen LogP contribution in [0.25, 0.3) is 0 Å². The fourth-order valence-electron chi connectivity index (χ4n) is 2.64. The van der Waals surface area contributed by atoms with Gasteiger partial charge in [-0.15, -0.1) is 12.4 Å². The van der Waals surface area contributed by atoms with E-state index < -0.39 is 5.60 Å². The standard InChI is InChI=1S/C16H23ClN2O3.ClH/c1-19(11-12-22-14-6-4-3-5-13(14)17)15(20)16(21-2)7-9-18-10-8-16;/h3-6,18H,7-12H2,1-2H3;1H. The Kier molecular flexibility index (Phi) is 8.12. The molecular formula is C16H24Cl2N2O3. The number of amides is 1. The largest absolute Gasteiger partial charge is 0.490 e. The molecule has 0 unspecified atom stereocenters. The average molecular weight is 363 g/mol. The first-order valence-corrected chi connectivity index (χ1v) is 7.85. The highest BCUT2D eigenvalue weighted by Crippen LogP contribution is 2.25. The summed E-state index contributed by atoms with van der Waals surface area (Å²) in [7, 11) is 3.39. The van der Waals surface area contributed by atoms with Gasteiger partial charge >= 0.3 is 0 Å². The van der Waals surface area contributed by atoms with Crippen molar-refractivity contribution in [3.05, 3.63) is 29.3 Å². The topological polar surface area (TPSA) is 50.8 Å². The number of hydrogen-bond donors (Lipinski definition) is 1. The number of carbonyl (C=O) groups is 1. The molecule has 0 aromatic heterocycles. The molecule has 1 aromatic rings. The molecule has 5 nitrogen and oxygen atoms in total. The molecule has 23 heavy (non-hydrogen) atoms. The molecule has 0 atom stereocenters. The summed E-state index contributed by atoms with van der Waals surface area (Å²) >= 11 is 6.04. The van der Waals surface area contributed by atoms with E-state index in [9.17, 15) is 4.79 Å². The van der Waals surface area contributed by atoms with Gasteiger partial charge in [-0.2, -0.15) is 0 Å². The van der Waals surface area contributed by atoms with Crippen molar-refractivity contribution in [1.29, 1.82) is 0 Å². The second-order valence-electron chi connectivity index (χ2n) is 5.45. The van der Waals surface area contributed by atoms with Gasteiger partial charge in [-0.05, 0) is 38.1 Å². The number of nitrogens with one attached hydrogen (secondary N) is 1. The molecule has 1 aliphatic rings. The molecule has 1 amide bonds. The summed E-state index contributed by atoms with van der Waals surface area (Å²) in [6.07, 6.45) is 1.39. The third kappa shape index (κ3) is 4.98. The van der Waals surface area contributed by atoms with Crippen LogP contribution >= 0.6 is 24.0 Å². The number of para-hydroxylation sites is 1. The normalized spacial score (nSPS) is 16.3. The van der Waals surface area contributed by atoms with Crippen LogP contribution in [-0.2, 0) is 9.53 Å². The number of nitrogens with zero attached hydrogens (tertiary/aromatic N) is 1. The van der Waals surface area contributed by atoms with Crippen molar-refractivity contribution in [2.45, 2.75) is 18.4 Å². The maximum Gasteiger partial charge on any atom is 0.254 e. The van der Waals surface area contributed by atoms with Crippen LogP contribution in [0.15, 0.2) is 24.3 Å². The Morgan fingerprint density at radius 1 is 1.35 bits per heavy atom. The van der Waals surface area contributed by atoms with E-state index in [0.717, 1.165) is 13.1 Å².